The smallest absolute Gasteiger partial charge is 0.348 e. The Morgan fingerprint density at radius 1 is 0.724 bits per heavy atom. The van der Waals surface area contributed by atoms with Crippen molar-refractivity contribution in [3.63, 3.8) is 0 Å². The van der Waals surface area contributed by atoms with E-state index in [1.165, 1.54) is 18.8 Å². The molecule has 0 heterocycles. The molecule has 0 saturated heterocycles. The van der Waals surface area contributed by atoms with Crippen molar-refractivity contribution >= 4 is 50.3 Å². The zero-order valence-electron chi connectivity index (χ0n) is 16.8. The molecule has 0 saturated carbocycles. The van der Waals surface area contributed by atoms with Gasteiger partial charge in [-0.05, 0) is 6.42 Å². The number of ether oxygens (including phenoxy) is 3. The lowest BCUT2D eigenvalue weighted by molar-refractivity contribution is -0.181. The van der Waals surface area contributed by atoms with E-state index in [-0.39, 0.29) is 36.5 Å². The van der Waals surface area contributed by atoms with Crippen LogP contribution in [0.1, 0.15) is 19.3 Å². The Morgan fingerprint density at radius 3 is 1.52 bits per heavy atom. The molecule has 0 aromatic carbocycles. The van der Waals surface area contributed by atoms with Crippen molar-refractivity contribution in [3.05, 3.63) is 0 Å². The molecule has 0 aliphatic rings. The lowest BCUT2D eigenvalue weighted by atomic mass is 10.2. The summed E-state index contributed by atoms with van der Waals surface area (Å²) in [5, 5.41) is 9.80. The van der Waals surface area contributed by atoms with Crippen LogP contribution in [-0.4, -0.2) is 97.1 Å². The molecule has 0 bridgehead atoms. The fraction of sp³-hybridized carbons (Fsp3) is 0.812. The first-order valence-electron chi connectivity index (χ1n) is 8.54. The highest BCUT2D eigenvalue weighted by Crippen LogP contribution is 2.11. The standard InChI is InChI=1S/C16H28O10S3/c1-24-15(19)12(6-9-28(3)22)26-16(20)13(7-10-29(4)23)25-14(18)11(17)5-8-27(2)21/h11-13,17H,5-10H2,1-4H3. The zero-order valence-corrected chi connectivity index (χ0v) is 19.3. The van der Waals surface area contributed by atoms with Crippen molar-refractivity contribution in [1.29, 1.82) is 0 Å². The quantitative estimate of drug-likeness (QED) is 0.235. The molecule has 1 N–H and O–H groups in total. The van der Waals surface area contributed by atoms with Crippen LogP contribution < -0.4 is 0 Å². The van der Waals surface area contributed by atoms with E-state index in [9.17, 15) is 32.1 Å². The van der Waals surface area contributed by atoms with E-state index in [0.29, 0.717) is 0 Å². The van der Waals surface area contributed by atoms with Gasteiger partial charge in [-0.2, -0.15) is 0 Å². The predicted molar refractivity (Wildman–Crippen MR) is 108 cm³/mol. The van der Waals surface area contributed by atoms with Gasteiger partial charge in [0.1, 0.15) is 0 Å². The molecule has 6 unspecified atom stereocenters. The van der Waals surface area contributed by atoms with Crippen molar-refractivity contribution in [3.8, 4) is 0 Å². The highest BCUT2D eigenvalue weighted by Gasteiger charge is 2.32. The topological polar surface area (TPSA) is 150 Å². The summed E-state index contributed by atoms with van der Waals surface area (Å²) in [5.74, 6) is -2.93. The number of carbonyl (C=O) groups is 3. The SMILES string of the molecule is COC(=O)C(CCS(C)=O)OC(=O)C(CCS(C)=O)OC(=O)C(O)CCS(C)=O. The third-order valence-electron chi connectivity index (χ3n) is 3.53. The summed E-state index contributed by atoms with van der Waals surface area (Å²) in [6, 6.07) is 0. The highest BCUT2D eigenvalue weighted by atomic mass is 32.2. The van der Waals surface area contributed by atoms with Crippen LogP contribution in [0.5, 0.6) is 0 Å². The van der Waals surface area contributed by atoms with E-state index >= 15 is 0 Å². The van der Waals surface area contributed by atoms with E-state index in [2.05, 4.69) is 4.74 Å². The van der Waals surface area contributed by atoms with Crippen molar-refractivity contribution in [2.75, 3.05) is 43.1 Å². The minimum atomic E-state index is -1.60. The number of esters is 3. The minimum Gasteiger partial charge on any atom is -0.466 e. The first kappa shape index (κ1) is 27.8. The van der Waals surface area contributed by atoms with Gasteiger partial charge in [0, 0.05) is 81.3 Å². The summed E-state index contributed by atoms with van der Waals surface area (Å²) < 4.78 is 48.3. The van der Waals surface area contributed by atoms with Crippen LogP contribution in [0.3, 0.4) is 0 Å². The molecular formula is C16H28O10S3. The average molecular weight is 477 g/mol. The average Bonchev–Trinajstić information content (AvgIpc) is 2.64. The van der Waals surface area contributed by atoms with Crippen LogP contribution in [0.4, 0.5) is 0 Å². The Bertz CT molecular complexity index is 636. The van der Waals surface area contributed by atoms with Crippen LogP contribution in [0.25, 0.3) is 0 Å². The molecule has 0 aromatic rings. The van der Waals surface area contributed by atoms with Crippen LogP contribution in [-0.2, 0) is 61.0 Å². The third kappa shape index (κ3) is 12.9. The van der Waals surface area contributed by atoms with Gasteiger partial charge in [-0.1, -0.05) is 0 Å². The summed E-state index contributed by atoms with van der Waals surface area (Å²) in [6.45, 7) is 0. The van der Waals surface area contributed by atoms with Crippen molar-refractivity contribution in [2.45, 2.75) is 37.6 Å². The van der Waals surface area contributed by atoms with E-state index in [1.807, 2.05) is 0 Å². The first-order valence-corrected chi connectivity index (χ1v) is 13.7. The number of carbonyl (C=O) groups excluding carboxylic acids is 3. The molecule has 0 fully saturated rings. The summed E-state index contributed by atoms with van der Waals surface area (Å²) in [7, 11) is -2.68. The zero-order chi connectivity index (χ0) is 22.6. The molecule has 0 aromatic heterocycles. The van der Waals surface area contributed by atoms with Gasteiger partial charge in [0.15, 0.2) is 18.3 Å². The van der Waals surface area contributed by atoms with Crippen molar-refractivity contribution in [2.24, 2.45) is 0 Å². The second-order valence-corrected chi connectivity index (χ2v) is 10.8. The maximum Gasteiger partial charge on any atom is 0.348 e. The number of hydrogen-bond donors (Lipinski definition) is 1. The molecule has 0 aliphatic heterocycles. The van der Waals surface area contributed by atoms with Gasteiger partial charge < -0.3 is 19.3 Å². The van der Waals surface area contributed by atoms with Crippen LogP contribution >= 0.6 is 0 Å². The van der Waals surface area contributed by atoms with Gasteiger partial charge in [0.25, 0.3) is 0 Å². The maximum atomic E-state index is 12.4. The summed E-state index contributed by atoms with van der Waals surface area (Å²) in [6.07, 6.45) is -0.585. The summed E-state index contributed by atoms with van der Waals surface area (Å²) >= 11 is 0. The minimum absolute atomic E-state index is 0.00395. The van der Waals surface area contributed by atoms with Gasteiger partial charge in [-0.25, -0.2) is 14.4 Å². The fourth-order valence-corrected chi connectivity index (χ4v) is 3.60. The number of hydrogen-bond acceptors (Lipinski definition) is 10. The summed E-state index contributed by atoms with van der Waals surface area (Å²) in [5.41, 5.74) is 0. The molecule has 0 spiro atoms. The number of methoxy groups -OCH3 is 1. The molecule has 10 nitrogen and oxygen atoms in total. The van der Waals surface area contributed by atoms with Gasteiger partial charge in [-0.15, -0.1) is 0 Å². The van der Waals surface area contributed by atoms with Gasteiger partial charge in [0.2, 0.25) is 0 Å². The molecular weight excluding hydrogens is 448 g/mol. The largest absolute Gasteiger partial charge is 0.466 e. The Morgan fingerprint density at radius 2 is 1.10 bits per heavy atom. The molecule has 29 heavy (non-hydrogen) atoms. The Hall–Kier alpha value is -1.18. The molecule has 0 amide bonds. The molecule has 0 rings (SSSR count). The van der Waals surface area contributed by atoms with Gasteiger partial charge >= 0.3 is 17.9 Å². The second-order valence-electron chi connectivity index (χ2n) is 6.09. The molecule has 170 valence electrons. The Kier molecular flexibility index (Phi) is 14.1. The number of aliphatic hydroxyl groups excluding tert-OH is 1. The van der Waals surface area contributed by atoms with Crippen molar-refractivity contribution in [1.82, 2.24) is 0 Å². The van der Waals surface area contributed by atoms with Crippen LogP contribution in [0.2, 0.25) is 0 Å². The molecule has 13 heteroatoms. The Labute approximate surface area is 177 Å². The maximum absolute atomic E-state index is 12.4. The fourth-order valence-electron chi connectivity index (χ4n) is 1.96. The van der Waals surface area contributed by atoms with Crippen LogP contribution in [0, 0.1) is 0 Å². The monoisotopic (exact) mass is 476 g/mol. The first-order chi connectivity index (χ1) is 13.5. The molecule has 0 radical (unpaired) electrons. The lowest BCUT2D eigenvalue weighted by Gasteiger charge is -2.21. The van der Waals surface area contributed by atoms with E-state index in [4.69, 9.17) is 9.47 Å². The van der Waals surface area contributed by atoms with E-state index in [0.717, 1.165) is 7.11 Å². The van der Waals surface area contributed by atoms with Crippen LogP contribution in [0.15, 0.2) is 0 Å². The molecule has 0 aliphatic carbocycles. The second kappa shape index (κ2) is 14.7. The molecule has 6 atom stereocenters. The highest BCUT2D eigenvalue weighted by molar-refractivity contribution is 7.84. The van der Waals surface area contributed by atoms with E-state index < -0.39 is 68.6 Å². The van der Waals surface area contributed by atoms with E-state index in [1.54, 1.807) is 0 Å². The normalized spacial score (nSPS) is 17.3. The number of rotatable bonds is 14. The number of aliphatic hydroxyl groups is 1. The lowest BCUT2D eigenvalue weighted by Crippen LogP contribution is -2.39. The van der Waals surface area contributed by atoms with Gasteiger partial charge in [0.05, 0.1) is 7.11 Å². The predicted octanol–water partition coefficient (Wildman–Crippen LogP) is -1.35. The van der Waals surface area contributed by atoms with Gasteiger partial charge in [-0.3, -0.25) is 12.6 Å². The third-order valence-corrected chi connectivity index (χ3v) is 5.96. The summed E-state index contributed by atoms with van der Waals surface area (Å²) in [4.78, 5) is 36.3. The van der Waals surface area contributed by atoms with Crippen molar-refractivity contribution < 1.29 is 46.3 Å². The Balaban J connectivity index is 5.18.